The number of benzene rings is 1. The number of sulfonamides is 1. The fourth-order valence-corrected chi connectivity index (χ4v) is 3.65. The van der Waals surface area contributed by atoms with Gasteiger partial charge in [0.15, 0.2) is 0 Å². The highest BCUT2D eigenvalue weighted by atomic mass is 32.2. The van der Waals surface area contributed by atoms with Crippen molar-refractivity contribution in [2.75, 3.05) is 12.3 Å². The highest BCUT2D eigenvalue weighted by Gasteiger charge is 2.19. The van der Waals surface area contributed by atoms with E-state index in [-0.39, 0.29) is 29.8 Å². The van der Waals surface area contributed by atoms with Crippen LogP contribution in [0.2, 0.25) is 0 Å². The van der Waals surface area contributed by atoms with Crippen molar-refractivity contribution in [3.63, 3.8) is 0 Å². The fraction of sp³-hybridized carbons (Fsp3) is 0.500. The van der Waals surface area contributed by atoms with E-state index in [0.29, 0.717) is 16.8 Å². The van der Waals surface area contributed by atoms with Crippen LogP contribution in [0.5, 0.6) is 0 Å². The number of hydrogen-bond donors (Lipinski definition) is 3. The average Bonchev–Trinajstić information content (AvgIpc) is 2.24. The van der Waals surface area contributed by atoms with E-state index < -0.39 is 10.0 Å². The molecule has 0 atom stereocenters. The van der Waals surface area contributed by atoms with E-state index in [2.05, 4.69) is 10.0 Å². The highest BCUT2D eigenvalue weighted by Crippen LogP contribution is 2.22. The summed E-state index contributed by atoms with van der Waals surface area (Å²) in [6.07, 6.45) is 0.102. The van der Waals surface area contributed by atoms with E-state index in [1.807, 2.05) is 13.8 Å². The van der Waals surface area contributed by atoms with Gasteiger partial charge in [-0.1, -0.05) is 0 Å². The summed E-state index contributed by atoms with van der Waals surface area (Å²) in [5.74, 6) is -0.182. The second kappa shape index (κ2) is 6.91. The number of nitrogens with one attached hydrogen (secondary N) is 2. The molecule has 0 fully saturated rings. The minimum Gasteiger partial charge on any atom is -0.399 e. The summed E-state index contributed by atoms with van der Waals surface area (Å²) in [5, 5.41) is 2.71. The maximum absolute atomic E-state index is 12.3. The first-order valence-electron chi connectivity index (χ1n) is 6.79. The van der Waals surface area contributed by atoms with Crippen LogP contribution in [0.1, 0.15) is 31.4 Å². The van der Waals surface area contributed by atoms with Crippen LogP contribution < -0.4 is 15.8 Å². The molecular weight excluding hydrogens is 290 g/mol. The number of carbonyl (C=O) groups is 1. The Morgan fingerprint density at radius 2 is 1.76 bits per heavy atom. The lowest BCUT2D eigenvalue weighted by Gasteiger charge is -2.13. The van der Waals surface area contributed by atoms with Crippen molar-refractivity contribution in [3.8, 4) is 0 Å². The third-order valence-corrected chi connectivity index (χ3v) is 4.61. The Labute approximate surface area is 126 Å². The van der Waals surface area contributed by atoms with Gasteiger partial charge in [0.05, 0.1) is 4.90 Å². The Bertz CT molecular complexity index is 601. The first-order chi connectivity index (χ1) is 9.63. The van der Waals surface area contributed by atoms with Gasteiger partial charge in [0.25, 0.3) is 0 Å². The minimum atomic E-state index is -3.65. The van der Waals surface area contributed by atoms with Crippen molar-refractivity contribution in [1.82, 2.24) is 10.0 Å². The van der Waals surface area contributed by atoms with Crippen molar-refractivity contribution >= 4 is 21.6 Å². The Balaban J connectivity index is 2.77. The lowest BCUT2D eigenvalue weighted by molar-refractivity contribution is -0.121. The normalized spacial score (nSPS) is 11.7. The molecule has 6 nitrogen and oxygen atoms in total. The average molecular weight is 313 g/mol. The summed E-state index contributed by atoms with van der Waals surface area (Å²) in [5.41, 5.74) is 7.40. The Kier molecular flexibility index (Phi) is 5.74. The zero-order chi connectivity index (χ0) is 16.2. The van der Waals surface area contributed by atoms with E-state index in [1.54, 1.807) is 26.0 Å². The summed E-state index contributed by atoms with van der Waals surface area (Å²) in [6.45, 7) is 7.16. The van der Waals surface area contributed by atoms with Gasteiger partial charge in [-0.25, -0.2) is 13.1 Å². The number of aryl methyl sites for hydroxylation is 2. The molecule has 0 aromatic heterocycles. The van der Waals surface area contributed by atoms with Crippen LogP contribution in [0, 0.1) is 13.8 Å². The van der Waals surface area contributed by atoms with Crippen LogP contribution in [-0.4, -0.2) is 26.9 Å². The minimum absolute atomic E-state index is 0.0377. The van der Waals surface area contributed by atoms with Crippen molar-refractivity contribution < 1.29 is 13.2 Å². The third-order valence-electron chi connectivity index (χ3n) is 2.85. The number of nitrogens with two attached hydrogens (primary N) is 1. The lowest BCUT2D eigenvalue weighted by Crippen LogP contribution is -2.34. The Morgan fingerprint density at radius 1 is 1.24 bits per heavy atom. The van der Waals surface area contributed by atoms with Gasteiger partial charge in [0.2, 0.25) is 15.9 Å². The number of amides is 1. The lowest BCUT2D eigenvalue weighted by atomic mass is 10.1. The Morgan fingerprint density at radius 3 is 2.24 bits per heavy atom. The van der Waals surface area contributed by atoms with Crippen LogP contribution in [-0.2, 0) is 14.8 Å². The van der Waals surface area contributed by atoms with Gasteiger partial charge in [0.1, 0.15) is 0 Å². The van der Waals surface area contributed by atoms with Crippen molar-refractivity contribution in [3.05, 3.63) is 23.3 Å². The van der Waals surface area contributed by atoms with Crippen LogP contribution in [0.4, 0.5) is 5.69 Å². The monoisotopic (exact) mass is 313 g/mol. The number of carbonyl (C=O) groups excluding carboxylic acids is 1. The van der Waals surface area contributed by atoms with E-state index in [1.165, 1.54) is 0 Å². The first-order valence-corrected chi connectivity index (χ1v) is 8.27. The van der Waals surface area contributed by atoms with Gasteiger partial charge in [-0.3, -0.25) is 4.79 Å². The van der Waals surface area contributed by atoms with Gasteiger partial charge < -0.3 is 11.1 Å². The molecule has 4 N–H and O–H groups in total. The predicted molar refractivity (Wildman–Crippen MR) is 83.4 cm³/mol. The number of anilines is 1. The summed E-state index contributed by atoms with van der Waals surface area (Å²) in [4.78, 5) is 11.7. The van der Waals surface area contributed by atoms with Crippen molar-refractivity contribution in [2.24, 2.45) is 0 Å². The van der Waals surface area contributed by atoms with E-state index in [4.69, 9.17) is 5.73 Å². The molecule has 0 bridgehead atoms. The molecule has 0 aliphatic rings. The quantitative estimate of drug-likeness (QED) is 0.684. The van der Waals surface area contributed by atoms with E-state index >= 15 is 0 Å². The molecule has 0 heterocycles. The number of nitrogen functional groups attached to an aromatic ring is 1. The summed E-state index contributed by atoms with van der Waals surface area (Å²) < 4.78 is 27.1. The van der Waals surface area contributed by atoms with Crippen molar-refractivity contribution in [1.29, 1.82) is 0 Å². The molecule has 0 saturated carbocycles. The second-order valence-corrected chi connectivity index (χ2v) is 7.06. The second-order valence-electron chi connectivity index (χ2n) is 5.35. The molecule has 0 unspecified atom stereocenters. The molecule has 0 radical (unpaired) electrons. The molecule has 7 heteroatoms. The largest absolute Gasteiger partial charge is 0.399 e. The van der Waals surface area contributed by atoms with Gasteiger partial charge >= 0.3 is 0 Å². The van der Waals surface area contributed by atoms with Gasteiger partial charge in [-0.15, -0.1) is 0 Å². The predicted octanol–water partition coefficient (Wildman–Crippen LogP) is 1.08. The molecular formula is C14H23N3O3S. The van der Waals surface area contributed by atoms with Crippen LogP contribution >= 0.6 is 0 Å². The fourth-order valence-electron chi connectivity index (χ4n) is 2.17. The topological polar surface area (TPSA) is 101 Å². The van der Waals surface area contributed by atoms with Crippen LogP contribution in [0.3, 0.4) is 0 Å². The van der Waals surface area contributed by atoms with Gasteiger partial charge in [-0.2, -0.15) is 0 Å². The molecule has 1 amide bonds. The third kappa shape index (κ3) is 5.02. The molecule has 0 aliphatic heterocycles. The smallest absolute Gasteiger partial charge is 0.241 e. The molecule has 0 aliphatic carbocycles. The zero-order valence-corrected chi connectivity index (χ0v) is 13.7. The van der Waals surface area contributed by atoms with Crippen LogP contribution in [0.15, 0.2) is 17.0 Å². The maximum atomic E-state index is 12.3. The van der Waals surface area contributed by atoms with Crippen LogP contribution in [0.25, 0.3) is 0 Å². The number of rotatable bonds is 6. The molecule has 118 valence electrons. The van der Waals surface area contributed by atoms with Gasteiger partial charge in [0, 0.05) is 24.7 Å². The summed E-state index contributed by atoms with van der Waals surface area (Å²) in [6, 6.07) is 3.27. The summed E-state index contributed by atoms with van der Waals surface area (Å²) in [7, 11) is -3.65. The first kappa shape index (κ1) is 17.5. The zero-order valence-electron chi connectivity index (χ0n) is 12.9. The number of hydrogen-bond acceptors (Lipinski definition) is 4. The maximum Gasteiger partial charge on any atom is 0.241 e. The molecule has 1 rings (SSSR count). The molecule has 0 spiro atoms. The SMILES string of the molecule is Cc1cc(N)cc(C)c1S(=O)(=O)NCCC(=O)NC(C)C. The standard InChI is InChI=1S/C14H23N3O3S/c1-9(2)17-13(18)5-6-16-21(19,20)14-10(3)7-12(15)8-11(14)4/h7-9,16H,5-6,15H2,1-4H3,(H,17,18). The summed E-state index contributed by atoms with van der Waals surface area (Å²) >= 11 is 0. The Hall–Kier alpha value is -1.60. The highest BCUT2D eigenvalue weighted by molar-refractivity contribution is 7.89. The van der Waals surface area contributed by atoms with Crippen molar-refractivity contribution in [2.45, 2.75) is 45.1 Å². The van der Waals surface area contributed by atoms with Gasteiger partial charge in [-0.05, 0) is 51.0 Å². The van der Waals surface area contributed by atoms with E-state index in [0.717, 1.165) is 0 Å². The molecule has 1 aromatic carbocycles. The van der Waals surface area contributed by atoms with E-state index in [9.17, 15) is 13.2 Å². The molecule has 0 saturated heterocycles. The molecule has 1 aromatic rings. The molecule has 21 heavy (non-hydrogen) atoms.